The molecule has 0 N–H and O–H groups in total. The van der Waals surface area contributed by atoms with Crippen LogP contribution < -0.4 is 0 Å². The summed E-state index contributed by atoms with van der Waals surface area (Å²) in [5.74, 6) is 0.652. The zero-order valence-corrected chi connectivity index (χ0v) is 12.6. The highest BCUT2D eigenvalue weighted by Gasteiger charge is 2.35. The normalized spacial score (nSPS) is 24.5. The maximum Gasteiger partial charge on any atom is 0.246 e. The number of amides is 1. The lowest BCUT2D eigenvalue weighted by Crippen LogP contribution is -2.47. The van der Waals surface area contributed by atoms with Gasteiger partial charge in [0.1, 0.15) is 0 Å². The smallest absolute Gasteiger partial charge is 0.246 e. The molecule has 0 aromatic rings. The van der Waals surface area contributed by atoms with E-state index in [2.05, 4.69) is 26.8 Å². The van der Waals surface area contributed by atoms with Gasteiger partial charge in [-0.1, -0.05) is 33.8 Å². The molecular weight excluding hydrogens is 236 g/mol. The molecule has 0 radical (unpaired) electrons. The SMILES string of the molecule is CC/C=C/C(=O)N1CC[C@H](C(C)(C)C)C[C@H]1CC#N. The summed E-state index contributed by atoms with van der Waals surface area (Å²) in [5, 5.41) is 8.98. The van der Waals surface area contributed by atoms with Crippen molar-refractivity contribution in [3.05, 3.63) is 12.2 Å². The zero-order chi connectivity index (χ0) is 14.5. The van der Waals surface area contributed by atoms with E-state index in [1.807, 2.05) is 17.9 Å². The number of nitrogens with zero attached hydrogens (tertiary/aromatic N) is 2. The highest BCUT2D eigenvalue weighted by molar-refractivity contribution is 5.87. The number of carbonyl (C=O) groups excluding carboxylic acids is 1. The van der Waals surface area contributed by atoms with Crippen LogP contribution in [0.3, 0.4) is 0 Å². The van der Waals surface area contributed by atoms with Crippen LogP contribution in [0.5, 0.6) is 0 Å². The number of hydrogen-bond donors (Lipinski definition) is 0. The molecule has 19 heavy (non-hydrogen) atoms. The fourth-order valence-corrected chi connectivity index (χ4v) is 2.74. The fraction of sp³-hybridized carbons (Fsp3) is 0.750. The highest BCUT2D eigenvalue weighted by atomic mass is 16.2. The van der Waals surface area contributed by atoms with E-state index >= 15 is 0 Å². The third kappa shape index (κ3) is 4.38. The quantitative estimate of drug-likeness (QED) is 0.730. The van der Waals surface area contributed by atoms with Crippen LogP contribution in [0.2, 0.25) is 0 Å². The first-order valence-electron chi connectivity index (χ1n) is 7.24. The zero-order valence-electron chi connectivity index (χ0n) is 12.6. The molecule has 3 heteroatoms. The number of nitriles is 1. The van der Waals surface area contributed by atoms with Gasteiger partial charge in [-0.2, -0.15) is 5.26 Å². The van der Waals surface area contributed by atoms with Gasteiger partial charge in [-0.25, -0.2) is 0 Å². The predicted molar refractivity (Wildman–Crippen MR) is 77.3 cm³/mol. The van der Waals surface area contributed by atoms with E-state index in [1.54, 1.807) is 6.08 Å². The van der Waals surface area contributed by atoms with E-state index < -0.39 is 0 Å². The Morgan fingerprint density at radius 3 is 2.68 bits per heavy atom. The third-order valence-electron chi connectivity index (χ3n) is 4.05. The Labute approximate surface area is 117 Å². The Kier molecular flexibility index (Phi) is 5.60. The molecule has 0 aliphatic carbocycles. The number of likely N-dealkylation sites (tertiary alicyclic amines) is 1. The van der Waals surface area contributed by atoms with E-state index in [-0.39, 0.29) is 17.4 Å². The van der Waals surface area contributed by atoms with Crippen LogP contribution in [0.1, 0.15) is 53.4 Å². The van der Waals surface area contributed by atoms with Crippen molar-refractivity contribution in [2.45, 2.75) is 59.4 Å². The first kappa shape index (κ1) is 15.8. The van der Waals surface area contributed by atoms with Crippen molar-refractivity contribution in [2.24, 2.45) is 11.3 Å². The Balaban J connectivity index is 2.77. The summed E-state index contributed by atoms with van der Waals surface area (Å²) >= 11 is 0. The molecule has 1 fully saturated rings. The van der Waals surface area contributed by atoms with E-state index in [1.165, 1.54) is 0 Å². The van der Waals surface area contributed by atoms with Gasteiger partial charge in [0.2, 0.25) is 5.91 Å². The number of allylic oxidation sites excluding steroid dienone is 1. The summed E-state index contributed by atoms with van der Waals surface area (Å²) in [4.78, 5) is 14.0. The maximum absolute atomic E-state index is 12.1. The topological polar surface area (TPSA) is 44.1 Å². The molecule has 3 nitrogen and oxygen atoms in total. The second kappa shape index (κ2) is 6.75. The number of hydrogen-bond acceptors (Lipinski definition) is 2. The van der Waals surface area contributed by atoms with Crippen molar-refractivity contribution in [3.63, 3.8) is 0 Å². The molecule has 0 aromatic carbocycles. The Hall–Kier alpha value is -1.30. The van der Waals surface area contributed by atoms with E-state index in [0.717, 1.165) is 25.8 Å². The lowest BCUT2D eigenvalue weighted by molar-refractivity contribution is -0.131. The second-order valence-corrected chi connectivity index (χ2v) is 6.45. The largest absolute Gasteiger partial charge is 0.335 e. The van der Waals surface area contributed by atoms with Crippen LogP contribution in [0.4, 0.5) is 0 Å². The lowest BCUT2D eigenvalue weighted by atomic mass is 9.73. The van der Waals surface area contributed by atoms with Gasteiger partial charge in [-0.15, -0.1) is 0 Å². The molecule has 1 amide bonds. The molecule has 1 rings (SSSR count). The molecular formula is C16H26N2O. The molecule has 0 aromatic heterocycles. The number of carbonyl (C=O) groups is 1. The molecule has 1 aliphatic heterocycles. The Bertz CT molecular complexity index is 373. The Morgan fingerprint density at radius 1 is 1.47 bits per heavy atom. The number of rotatable bonds is 3. The first-order chi connectivity index (χ1) is 8.90. The van der Waals surface area contributed by atoms with Gasteiger partial charge < -0.3 is 4.90 Å². The minimum absolute atomic E-state index is 0.0643. The molecule has 0 unspecified atom stereocenters. The average Bonchev–Trinajstić information content (AvgIpc) is 2.35. The summed E-state index contributed by atoms with van der Waals surface area (Å²) in [5.41, 5.74) is 0.252. The molecule has 0 bridgehead atoms. The minimum atomic E-state index is 0.0643. The molecule has 0 saturated carbocycles. The van der Waals surface area contributed by atoms with Crippen LogP contribution in [0, 0.1) is 22.7 Å². The van der Waals surface area contributed by atoms with Crippen molar-refractivity contribution in [1.29, 1.82) is 5.26 Å². The summed E-state index contributed by atoms with van der Waals surface area (Å²) in [6.07, 6.45) is 6.84. The predicted octanol–water partition coefficient (Wildman–Crippen LogP) is 3.52. The molecule has 1 heterocycles. The van der Waals surface area contributed by atoms with Gasteiger partial charge >= 0.3 is 0 Å². The van der Waals surface area contributed by atoms with E-state index in [4.69, 9.17) is 5.26 Å². The fourth-order valence-electron chi connectivity index (χ4n) is 2.74. The minimum Gasteiger partial charge on any atom is -0.335 e. The van der Waals surface area contributed by atoms with Crippen molar-refractivity contribution in [3.8, 4) is 6.07 Å². The van der Waals surface area contributed by atoms with Gasteiger partial charge in [0.25, 0.3) is 0 Å². The van der Waals surface area contributed by atoms with Crippen molar-refractivity contribution in [1.82, 2.24) is 4.90 Å². The lowest BCUT2D eigenvalue weighted by Gasteiger charge is -2.43. The van der Waals surface area contributed by atoms with Gasteiger partial charge in [-0.3, -0.25) is 4.79 Å². The molecule has 1 saturated heterocycles. The van der Waals surface area contributed by atoms with Crippen LogP contribution in [-0.2, 0) is 4.79 Å². The third-order valence-corrected chi connectivity index (χ3v) is 4.05. The molecule has 1 aliphatic rings. The average molecular weight is 262 g/mol. The van der Waals surface area contributed by atoms with Gasteiger partial charge in [0.05, 0.1) is 12.5 Å². The molecule has 2 atom stereocenters. The van der Waals surface area contributed by atoms with Crippen molar-refractivity contribution < 1.29 is 4.79 Å². The molecule has 0 spiro atoms. The monoisotopic (exact) mass is 262 g/mol. The molecule has 106 valence electrons. The van der Waals surface area contributed by atoms with Crippen LogP contribution in [-0.4, -0.2) is 23.4 Å². The van der Waals surface area contributed by atoms with Crippen LogP contribution in [0.25, 0.3) is 0 Å². The summed E-state index contributed by atoms with van der Waals surface area (Å²) in [6, 6.07) is 2.31. The number of piperidine rings is 1. The standard InChI is InChI=1S/C16H26N2O/c1-5-6-7-15(19)18-11-9-13(16(2,3)4)12-14(18)8-10-17/h6-7,13-14H,5,8-9,11-12H2,1-4H3/b7-6+/t13-,14+/m0/s1. The highest BCUT2D eigenvalue weighted by Crippen LogP contribution is 2.37. The summed E-state index contributed by atoms with van der Waals surface area (Å²) in [6.45, 7) is 9.53. The van der Waals surface area contributed by atoms with Crippen molar-refractivity contribution in [2.75, 3.05) is 6.54 Å². The van der Waals surface area contributed by atoms with E-state index in [0.29, 0.717) is 12.3 Å². The van der Waals surface area contributed by atoms with Crippen molar-refractivity contribution >= 4 is 5.91 Å². The van der Waals surface area contributed by atoms with Gasteiger partial charge in [0.15, 0.2) is 0 Å². The summed E-state index contributed by atoms with van der Waals surface area (Å²) < 4.78 is 0. The van der Waals surface area contributed by atoms with Gasteiger partial charge in [0, 0.05) is 12.6 Å². The first-order valence-corrected chi connectivity index (χ1v) is 7.24. The maximum atomic E-state index is 12.1. The summed E-state index contributed by atoms with van der Waals surface area (Å²) in [7, 11) is 0. The Morgan fingerprint density at radius 2 is 2.16 bits per heavy atom. The second-order valence-electron chi connectivity index (χ2n) is 6.45. The van der Waals surface area contributed by atoms with E-state index in [9.17, 15) is 4.79 Å². The van der Waals surface area contributed by atoms with Gasteiger partial charge in [-0.05, 0) is 36.7 Å². The van der Waals surface area contributed by atoms with Crippen LogP contribution in [0.15, 0.2) is 12.2 Å². The van der Waals surface area contributed by atoms with Crippen LogP contribution >= 0.6 is 0 Å².